The van der Waals surface area contributed by atoms with Gasteiger partial charge in [-0.1, -0.05) is 25.7 Å². The summed E-state index contributed by atoms with van der Waals surface area (Å²) in [4.78, 5) is 14.9. The van der Waals surface area contributed by atoms with Gasteiger partial charge in [-0.05, 0) is 39.7 Å². The summed E-state index contributed by atoms with van der Waals surface area (Å²) < 4.78 is 0. The molecule has 0 radical (unpaired) electrons. The lowest BCUT2D eigenvalue weighted by Crippen LogP contribution is -2.51. The van der Waals surface area contributed by atoms with E-state index in [0.29, 0.717) is 6.04 Å². The highest BCUT2D eigenvalue weighted by atomic mass is 16.2. The van der Waals surface area contributed by atoms with Crippen molar-refractivity contribution in [2.75, 3.05) is 13.6 Å². The fraction of sp³-hybridized carbons (Fsp3) is 0.875. The molecule has 2 atom stereocenters. The lowest BCUT2D eigenvalue weighted by Gasteiger charge is -2.36. The van der Waals surface area contributed by atoms with Crippen LogP contribution in [0.1, 0.15) is 58.3 Å². The Labute approximate surface area is 122 Å². The van der Waals surface area contributed by atoms with Gasteiger partial charge in [-0.15, -0.1) is 0 Å². The third kappa shape index (κ3) is 3.32. The van der Waals surface area contributed by atoms with Crippen LogP contribution in [0.3, 0.4) is 0 Å². The molecule has 1 N–H and O–H groups in total. The molecule has 0 aromatic heterocycles. The van der Waals surface area contributed by atoms with Crippen LogP contribution in [0.25, 0.3) is 0 Å². The number of nitrogens with one attached hydrogen (secondary N) is 1. The Bertz CT molecular complexity index is 380. The van der Waals surface area contributed by atoms with Crippen LogP contribution >= 0.6 is 0 Å². The number of nitriles is 1. The van der Waals surface area contributed by atoms with Crippen LogP contribution < -0.4 is 5.32 Å². The molecule has 0 aromatic rings. The van der Waals surface area contributed by atoms with E-state index >= 15 is 0 Å². The maximum absolute atomic E-state index is 12.6. The van der Waals surface area contributed by atoms with Gasteiger partial charge < -0.3 is 10.2 Å². The first kappa shape index (κ1) is 15.3. The van der Waals surface area contributed by atoms with Crippen molar-refractivity contribution in [3.63, 3.8) is 0 Å². The van der Waals surface area contributed by atoms with Gasteiger partial charge in [-0.2, -0.15) is 5.26 Å². The van der Waals surface area contributed by atoms with Crippen LogP contribution in [0.4, 0.5) is 0 Å². The second-order valence-electron chi connectivity index (χ2n) is 6.63. The Kier molecular flexibility index (Phi) is 5.04. The maximum atomic E-state index is 12.6. The average molecular weight is 277 g/mol. The SMILES string of the molecule is CC1CC(NC(=O)C2(C#N)CCCCCC2)CCN1C. The fourth-order valence-corrected chi connectivity index (χ4v) is 3.47. The van der Waals surface area contributed by atoms with Crippen LogP contribution in [0.15, 0.2) is 0 Å². The molecule has 2 fully saturated rings. The molecule has 1 aliphatic carbocycles. The number of hydrogen-bond acceptors (Lipinski definition) is 3. The van der Waals surface area contributed by atoms with Crippen molar-refractivity contribution >= 4 is 5.91 Å². The fourth-order valence-electron chi connectivity index (χ4n) is 3.47. The summed E-state index contributed by atoms with van der Waals surface area (Å²) in [5.41, 5.74) is -0.761. The number of rotatable bonds is 2. The molecule has 2 unspecified atom stereocenters. The van der Waals surface area contributed by atoms with Crippen LogP contribution in [0.5, 0.6) is 0 Å². The van der Waals surface area contributed by atoms with Crippen molar-refractivity contribution in [2.45, 2.75) is 70.4 Å². The normalized spacial score (nSPS) is 31.1. The van der Waals surface area contributed by atoms with Crippen LogP contribution in [-0.4, -0.2) is 36.5 Å². The van der Waals surface area contributed by atoms with E-state index < -0.39 is 5.41 Å². The van der Waals surface area contributed by atoms with Gasteiger partial charge in [0.15, 0.2) is 0 Å². The Morgan fingerprint density at radius 3 is 2.50 bits per heavy atom. The first-order valence-electron chi connectivity index (χ1n) is 8.00. The van der Waals surface area contributed by atoms with E-state index in [1.165, 1.54) is 0 Å². The molecule has 2 rings (SSSR count). The molecule has 1 saturated heterocycles. The van der Waals surface area contributed by atoms with Gasteiger partial charge in [0.2, 0.25) is 5.91 Å². The van der Waals surface area contributed by atoms with Crippen LogP contribution in [-0.2, 0) is 4.79 Å². The molecule has 0 bridgehead atoms. The van der Waals surface area contributed by atoms with E-state index in [2.05, 4.69) is 30.3 Å². The summed E-state index contributed by atoms with van der Waals surface area (Å²) >= 11 is 0. The number of nitrogens with zero attached hydrogens (tertiary/aromatic N) is 2. The van der Waals surface area contributed by atoms with E-state index in [1.54, 1.807) is 0 Å². The van der Waals surface area contributed by atoms with E-state index in [1.807, 2.05) is 0 Å². The van der Waals surface area contributed by atoms with Crippen molar-refractivity contribution in [1.82, 2.24) is 10.2 Å². The summed E-state index contributed by atoms with van der Waals surface area (Å²) in [6, 6.07) is 3.08. The number of carbonyl (C=O) groups excluding carboxylic acids is 1. The van der Waals surface area contributed by atoms with E-state index in [9.17, 15) is 10.1 Å². The second-order valence-corrected chi connectivity index (χ2v) is 6.63. The van der Waals surface area contributed by atoms with Crippen molar-refractivity contribution in [3.05, 3.63) is 0 Å². The summed E-state index contributed by atoms with van der Waals surface area (Å²) in [6.45, 7) is 3.22. The Hall–Kier alpha value is -1.08. The van der Waals surface area contributed by atoms with Crippen molar-refractivity contribution < 1.29 is 4.79 Å². The first-order chi connectivity index (χ1) is 9.57. The molecule has 1 amide bonds. The zero-order valence-corrected chi connectivity index (χ0v) is 12.8. The van der Waals surface area contributed by atoms with Crippen molar-refractivity contribution in [2.24, 2.45) is 5.41 Å². The predicted octanol–water partition coefficient (Wildman–Crippen LogP) is 2.45. The molecular formula is C16H27N3O. The third-order valence-corrected chi connectivity index (χ3v) is 5.15. The lowest BCUT2D eigenvalue weighted by molar-refractivity contribution is -0.130. The quantitative estimate of drug-likeness (QED) is 0.789. The molecule has 1 saturated carbocycles. The zero-order chi connectivity index (χ0) is 14.6. The minimum Gasteiger partial charge on any atom is -0.352 e. The standard InChI is InChI=1S/C16H27N3O/c1-13-11-14(7-10-19(13)2)18-15(20)16(12-17)8-5-3-4-6-9-16/h13-14H,3-11H2,1-2H3,(H,18,20). The number of likely N-dealkylation sites (tertiary alicyclic amines) is 1. The van der Waals surface area contributed by atoms with Gasteiger partial charge in [0.25, 0.3) is 0 Å². The summed E-state index contributed by atoms with van der Waals surface area (Å²) in [6.07, 6.45) is 7.77. The molecule has 0 aromatic carbocycles. The molecule has 1 heterocycles. The highest BCUT2D eigenvalue weighted by molar-refractivity contribution is 5.85. The highest BCUT2D eigenvalue weighted by Crippen LogP contribution is 2.35. The van der Waals surface area contributed by atoms with Gasteiger partial charge in [-0.3, -0.25) is 4.79 Å². The summed E-state index contributed by atoms with van der Waals surface area (Å²) in [5.74, 6) is -0.0105. The predicted molar refractivity (Wildman–Crippen MR) is 79.0 cm³/mol. The van der Waals surface area contributed by atoms with Crippen LogP contribution in [0.2, 0.25) is 0 Å². The largest absolute Gasteiger partial charge is 0.352 e. The van der Waals surface area contributed by atoms with E-state index in [-0.39, 0.29) is 11.9 Å². The molecule has 4 nitrogen and oxygen atoms in total. The smallest absolute Gasteiger partial charge is 0.240 e. The Morgan fingerprint density at radius 1 is 1.30 bits per heavy atom. The molecule has 1 aliphatic heterocycles. The van der Waals surface area contributed by atoms with Gasteiger partial charge in [0, 0.05) is 18.6 Å². The third-order valence-electron chi connectivity index (χ3n) is 5.15. The van der Waals surface area contributed by atoms with Gasteiger partial charge >= 0.3 is 0 Å². The van der Waals surface area contributed by atoms with Gasteiger partial charge in [0.1, 0.15) is 5.41 Å². The second kappa shape index (κ2) is 6.58. The minimum atomic E-state index is -0.761. The molecule has 0 spiro atoms. The number of amides is 1. The molecule has 4 heteroatoms. The molecular weight excluding hydrogens is 250 g/mol. The number of carbonyl (C=O) groups is 1. The van der Waals surface area contributed by atoms with E-state index in [4.69, 9.17) is 0 Å². The first-order valence-corrected chi connectivity index (χ1v) is 8.00. The van der Waals surface area contributed by atoms with Gasteiger partial charge in [-0.25, -0.2) is 0 Å². The van der Waals surface area contributed by atoms with Gasteiger partial charge in [0.05, 0.1) is 6.07 Å². The Morgan fingerprint density at radius 2 is 1.95 bits per heavy atom. The average Bonchev–Trinajstić information content (AvgIpc) is 2.69. The maximum Gasteiger partial charge on any atom is 0.240 e. The Balaban J connectivity index is 1.97. The summed E-state index contributed by atoms with van der Waals surface area (Å²) in [5, 5.41) is 12.7. The zero-order valence-electron chi connectivity index (χ0n) is 12.8. The molecule has 2 aliphatic rings. The topological polar surface area (TPSA) is 56.1 Å². The van der Waals surface area contributed by atoms with Crippen molar-refractivity contribution in [3.8, 4) is 6.07 Å². The minimum absolute atomic E-state index is 0.0105. The molecule has 112 valence electrons. The number of piperidine rings is 1. The number of hydrogen-bond donors (Lipinski definition) is 1. The highest BCUT2D eigenvalue weighted by Gasteiger charge is 2.40. The van der Waals surface area contributed by atoms with Crippen molar-refractivity contribution in [1.29, 1.82) is 5.26 Å². The monoisotopic (exact) mass is 277 g/mol. The molecule has 20 heavy (non-hydrogen) atoms. The van der Waals surface area contributed by atoms with Crippen LogP contribution in [0, 0.1) is 16.7 Å². The van der Waals surface area contributed by atoms with E-state index in [0.717, 1.165) is 57.9 Å². The summed E-state index contributed by atoms with van der Waals surface area (Å²) in [7, 11) is 2.13. The lowest BCUT2D eigenvalue weighted by atomic mass is 9.80.